The minimum atomic E-state index is -0.837. The Balaban J connectivity index is 2.11. The van der Waals surface area contributed by atoms with Crippen LogP contribution in [0.4, 0.5) is 0 Å². The summed E-state index contributed by atoms with van der Waals surface area (Å²) in [6, 6.07) is 7.49. The number of nitrogens with zero attached hydrogens (tertiary/aromatic N) is 1. The molecule has 1 aliphatic rings. The van der Waals surface area contributed by atoms with Crippen LogP contribution < -0.4 is 0 Å². The largest absolute Gasteiger partial charge is 0.481 e. The molecule has 4 heteroatoms. The number of hydrogen-bond donors (Lipinski definition) is 1. The van der Waals surface area contributed by atoms with Crippen LogP contribution in [0.1, 0.15) is 43.2 Å². The first-order chi connectivity index (χ1) is 9.66. The Bertz CT molecular complexity index is 484. The number of carbonyl (C=O) groups is 2. The zero-order valence-electron chi connectivity index (χ0n) is 11.7. The maximum atomic E-state index is 12.1. The van der Waals surface area contributed by atoms with E-state index in [0.717, 1.165) is 36.9 Å². The number of carboxylic acid groups (broad SMARTS) is 1. The van der Waals surface area contributed by atoms with Gasteiger partial charge in [0.15, 0.2) is 0 Å². The Kier molecular flexibility index (Phi) is 5.16. The van der Waals surface area contributed by atoms with Crippen molar-refractivity contribution < 1.29 is 14.7 Å². The first-order valence-corrected chi connectivity index (χ1v) is 7.23. The van der Waals surface area contributed by atoms with Crippen LogP contribution >= 0.6 is 0 Å². The van der Waals surface area contributed by atoms with Crippen LogP contribution in [0.25, 0.3) is 0 Å². The minimum absolute atomic E-state index is 0.0121. The molecule has 1 saturated heterocycles. The van der Waals surface area contributed by atoms with E-state index in [1.807, 2.05) is 29.2 Å². The molecule has 20 heavy (non-hydrogen) atoms. The maximum absolute atomic E-state index is 12.1. The minimum Gasteiger partial charge on any atom is -0.481 e. The van der Waals surface area contributed by atoms with Crippen LogP contribution in [0.2, 0.25) is 0 Å². The van der Waals surface area contributed by atoms with Crippen LogP contribution in [0.3, 0.4) is 0 Å². The van der Waals surface area contributed by atoms with Crippen molar-refractivity contribution in [3.63, 3.8) is 0 Å². The molecule has 4 nitrogen and oxygen atoms in total. The summed E-state index contributed by atoms with van der Waals surface area (Å²) in [4.78, 5) is 24.9. The lowest BCUT2D eigenvalue weighted by Crippen LogP contribution is -2.32. The van der Waals surface area contributed by atoms with E-state index in [4.69, 9.17) is 5.11 Å². The van der Waals surface area contributed by atoms with Crippen molar-refractivity contribution in [2.24, 2.45) is 0 Å². The third kappa shape index (κ3) is 4.08. The standard InChI is InChI=1S/C16H21NO3/c18-15-9-3-1-2-6-10-17(15)12-14-8-5-4-7-13(14)11-16(19)20/h4-5,7-8H,1-3,6,9-12H2,(H,19,20). The van der Waals surface area contributed by atoms with Crippen molar-refractivity contribution in [1.29, 1.82) is 0 Å². The molecule has 2 rings (SSSR count). The van der Waals surface area contributed by atoms with Gasteiger partial charge in [0.25, 0.3) is 0 Å². The van der Waals surface area contributed by atoms with E-state index in [9.17, 15) is 9.59 Å². The molecule has 108 valence electrons. The molecule has 0 aromatic heterocycles. The molecule has 0 spiro atoms. The van der Waals surface area contributed by atoms with Gasteiger partial charge in [-0.05, 0) is 24.0 Å². The highest BCUT2D eigenvalue weighted by Crippen LogP contribution is 2.17. The smallest absolute Gasteiger partial charge is 0.307 e. The predicted molar refractivity (Wildman–Crippen MR) is 76.3 cm³/mol. The van der Waals surface area contributed by atoms with Crippen molar-refractivity contribution in [1.82, 2.24) is 4.90 Å². The van der Waals surface area contributed by atoms with Gasteiger partial charge in [0.05, 0.1) is 6.42 Å². The Morgan fingerprint density at radius 3 is 2.55 bits per heavy atom. The van der Waals surface area contributed by atoms with Gasteiger partial charge in [-0.1, -0.05) is 37.1 Å². The lowest BCUT2D eigenvalue weighted by molar-refractivity contribution is -0.136. The van der Waals surface area contributed by atoms with Crippen LogP contribution in [0.15, 0.2) is 24.3 Å². The van der Waals surface area contributed by atoms with E-state index in [0.29, 0.717) is 13.0 Å². The fraction of sp³-hybridized carbons (Fsp3) is 0.500. The van der Waals surface area contributed by atoms with E-state index in [-0.39, 0.29) is 12.3 Å². The van der Waals surface area contributed by atoms with Gasteiger partial charge in [-0.15, -0.1) is 0 Å². The highest BCUT2D eigenvalue weighted by molar-refractivity contribution is 5.76. The normalized spacial score (nSPS) is 16.6. The number of benzene rings is 1. The first kappa shape index (κ1) is 14.6. The molecule has 0 unspecified atom stereocenters. The van der Waals surface area contributed by atoms with Crippen molar-refractivity contribution in [2.75, 3.05) is 6.54 Å². The number of amides is 1. The van der Waals surface area contributed by atoms with Gasteiger partial charge in [0, 0.05) is 19.5 Å². The molecular weight excluding hydrogens is 254 g/mol. The second-order valence-electron chi connectivity index (χ2n) is 5.32. The number of rotatable bonds is 4. The summed E-state index contributed by atoms with van der Waals surface area (Å²) < 4.78 is 0. The zero-order chi connectivity index (χ0) is 14.4. The van der Waals surface area contributed by atoms with Gasteiger partial charge in [-0.3, -0.25) is 9.59 Å². The fourth-order valence-electron chi connectivity index (χ4n) is 2.64. The number of carbonyl (C=O) groups excluding carboxylic acids is 1. The number of carboxylic acids is 1. The van der Waals surface area contributed by atoms with Gasteiger partial charge in [0.1, 0.15) is 0 Å². The Hall–Kier alpha value is -1.84. The summed E-state index contributed by atoms with van der Waals surface area (Å²) in [5.41, 5.74) is 1.75. The summed E-state index contributed by atoms with van der Waals surface area (Å²) in [5, 5.41) is 8.95. The van der Waals surface area contributed by atoms with Gasteiger partial charge in [-0.2, -0.15) is 0 Å². The van der Waals surface area contributed by atoms with Gasteiger partial charge in [-0.25, -0.2) is 0 Å². The molecule has 1 aromatic carbocycles. The molecule has 0 radical (unpaired) electrons. The lowest BCUT2D eigenvalue weighted by Gasteiger charge is -2.25. The fourth-order valence-corrected chi connectivity index (χ4v) is 2.64. The van der Waals surface area contributed by atoms with E-state index in [1.54, 1.807) is 0 Å². The van der Waals surface area contributed by atoms with Crippen molar-refractivity contribution in [3.8, 4) is 0 Å². The van der Waals surface area contributed by atoms with E-state index in [1.165, 1.54) is 6.42 Å². The summed E-state index contributed by atoms with van der Waals surface area (Å²) in [6.07, 6.45) is 4.92. The van der Waals surface area contributed by atoms with E-state index < -0.39 is 5.97 Å². The predicted octanol–water partition coefficient (Wildman–Crippen LogP) is 2.61. The quantitative estimate of drug-likeness (QED) is 0.919. The van der Waals surface area contributed by atoms with Crippen LogP contribution in [-0.2, 0) is 22.6 Å². The van der Waals surface area contributed by atoms with E-state index >= 15 is 0 Å². The van der Waals surface area contributed by atoms with Gasteiger partial charge < -0.3 is 10.0 Å². The number of aliphatic carboxylic acids is 1. The summed E-state index contributed by atoms with van der Waals surface area (Å²) in [7, 11) is 0. The van der Waals surface area contributed by atoms with E-state index in [2.05, 4.69) is 0 Å². The Morgan fingerprint density at radius 2 is 1.80 bits per heavy atom. The molecule has 1 aromatic rings. The topological polar surface area (TPSA) is 57.6 Å². The molecule has 0 saturated carbocycles. The highest BCUT2D eigenvalue weighted by Gasteiger charge is 2.17. The SMILES string of the molecule is O=C(O)Cc1ccccc1CN1CCCCCCC1=O. The molecule has 1 N–H and O–H groups in total. The molecule has 1 fully saturated rings. The highest BCUT2D eigenvalue weighted by atomic mass is 16.4. The molecule has 1 aliphatic heterocycles. The summed E-state index contributed by atoms with van der Waals surface area (Å²) >= 11 is 0. The van der Waals surface area contributed by atoms with Gasteiger partial charge in [0.2, 0.25) is 5.91 Å². The Morgan fingerprint density at radius 1 is 1.10 bits per heavy atom. The second kappa shape index (κ2) is 7.08. The number of likely N-dealkylation sites (tertiary alicyclic amines) is 1. The molecular formula is C16H21NO3. The first-order valence-electron chi connectivity index (χ1n) is 7.23. The van der Waals surface area contributed by atoms with Crippen LogP contribution in [0, 0.1) is 0 Å². The maximum Gasteiger partial charge on any atom is 0.307 e. The third-order valence-corrected chi connectivity index (χ3v) is 3.74. The molecule has 0 bridgehead atoms. The average Bonchev–Trinajstić information content (AvgIpc) is 2.40. The zero-order valence-corrected chi connectivity index (χ0v) is 11.7. The molecule has 1 heterocycles. The molecule has 1 amide bonds. The van der Waals surface area contributed by atoms with Gasteiger partial charge >= 0.3 is 5.97 Å². The van der Waals surface area contributed by atoms with Crippen LogP contribution in [0.5, 0.6) is 0 Å². The third-order valence-electron chi connectivity index (χ3n) is 3.74. The Labute approximate surface area is 119 Å². The second-order valence-corrected chi connectivity index (χ2v) is 5.32. The van der Waals surface area contributed by atoms with Crippen molar-refractivity contribution >= 4 is 11.9 Å². The molecule has 0 aliphatic carbocycles. The monoisotopic (exact) mass is 275 g/mol. The van der Waals surface area contributed by atoms with Crippen molar-refractivity contribution in [3.05, 3.63) is 35.4 Å². The number of hydrogen-bond acceptors (Lipinski definition) is 2. The van der Waals surface area contributed by atoms with Crippen molar-refractivity contribution in [2.45, 2.75) is 45.1 Å². The van der Waals surface area contributed by atoms with Crippen LogP contribution in [-0.4, -0.2) is 28.4 Å². The summed E-state index contributed by atoms with van der Waals surface area (Å²) in [6.45, 7) is 1.31. The average molecular weight is 275 g/mol. The lowest BCUT2D eigenvalue weighted by atomic mass is 10.0. The molecule has 0 atom stereocenters. The summed E-state index contributed by atoms with van der Waals surface area (Å²) in [5.74, 6) is -0.647.